The number of terminal acetylenes is 1. The summed E-state index contributed by atoms with van der Waals surface area (Å²) in [6.45, 7) is 2.28. The number of carbonyl (C=O) groups excluding carboxylic acids is 1. The number of aromatic nitrogens is 1. The van der Waals surface area contributed by atoms with Gasteiger partial charge in [-0.2, -0.15) is 0 Å². The molecule has 0 atom stereocenters. The SMILES string of the molecule is C#CCCn1cccc1C(C)=O. The van der Waals surface area contributed by atoms with E-state index in [0.717, 1.165) is 12.2 Å². The van der Waals surface area contributed by atoms with Crippen LogP contribution in [0.3, 0.4) is 0 Å². The third-order valence-electron chi connectivity index (χ3n) is 1.69. The Kier molecular flexibility index (Phi) is 2.71. The molecule has 1 aromatic heterocycles. The average molecular weight is 161 g/mol. The zero-order valence-electron chi connectivity index (χ0n) is 7.08. The van der Waals surface area contributed by atoms with Crippen molar-refractivity contribution < 1.29 is 4.79 Å². The van der Waals surface area contributed by atoms with Crippen molar-refractivity contribution in [1.29, 1.82) is 0 Å². The predicted molar refractivity (Wildman–Crippen MR) is 47.9 cm³/mol. The lowest BCUT2D eigenvalue weighted by atomic mass is 10.3. The third-order valence-corrected chi connectivity index (χ3v) is 1.69. The van der Waals surface area contributed by atoms with Gasteiger partial charge in [-0.05, 0) is 12.1 Å². The third kappa shape index (κ3) is 1.76. The number of hydrogen-bond donors (Lipinski definition) is 0. The molecule has 0 spiro atoms. The highest BCUT2D eigenvalue weighted by Gasteiger charge is 2.03. The van der Waals surface area contributed by atoms with Gasteiger partial charge in [-0.25, -0.2) is 0 Å². The van der Waals surface area contributed by atoms with Crippen LogP contribution in [0.1, 0.15) is 23.8 Å². The zero-order chi connectivity index (χ0) is 8.97. The number of nitrogens with zero attached hydrogens (tertiary/aromatic N) is 1. The fourth-order valence-electron chi connectivity index (χ4n) is 1.11. The second-order valence-corrected chi connectivity index (χ2v) is 2.60. The molecule has 0 saturated carbocycles. The molecule has 12 heavy (non-hydrogen) atoms. The highest BCUT2D eigenvalue weighted by Crippen LogP contribution is 2.03. The van der Waals surface area contributed by atoms with Gasteiger partial charge in [-0.15, -0.1) is 12.3 Å². The first-order chi connectivity index (χ1) is 5.75. The van der Waals surface area contributed by atoms with E-state index in [1.54, 1.807) is 13.0 Å². The first kappa shape index (κ1) is 8.61. The minimum atomic E-state index is 0.0806. The molecule has 2 nitrogen and oxygen atoms in total. The summed E-state index contributed by atoms with van der Waals surface area (Å²) < 4.78 is 1.88. The molecular weight excluding hydrogens is 150 g/mol. The Morgan fingerprint density at radius 3 is 3.08 bits per heavy atom. The van der Waals surface area contributed by atoms with Gasteiger partial charge in [0, 0.05) is 26.1 Å². The summed E-state index contributed by atoms with van der Waals surface area (Å²) >= 11 is 0. The first-order valence-corrected chi connectivity index (χ1v) is 3.85. The maximum Gasteiger partial charge on any atom is 0.176 e. The molecule has 62 valence electrons. The molecule has 0 fully saturated rings. The molecule has 0 aromatic carbocycles. The number of Topliss-reactive ketones (excluding diaryl/α,β-unsaturated/α-hetero) is 1. The number of aryl methyl sites for hydroxylation is 1. The van der Waals surface area contributed by atoms with Crippen molar-refractivity contribution in [3.63, 3.8) is 0 Å². The van der Waals surface area contributed by atoms with E-state index in [4.69, 9.17) is 6.42 Å². The maximum absolute atomic E-state index is 11.0. The van der Waals surface area contributed by atoms with Gasteiger partial charge in [0.05, 0.1) is 5.69 Å². The van der Waals surface area contributed by atoms with E-state index in [1.807, 2.05) is 16.8 Å². The summed E-state index contributed by atoms with van der Waals surface area (Å²) in [6, 6.07) is 3.66. The van der Waals surface area contributed by atoms with E-state index < -0.39 is 0 Å². The van der Waals surface area contributed by atoms with E-state index in [2.05, 4.69) is 5.92 Å². The van der Waals surface area contributed by atoms with Gasteiger partial charge in [-0.3, -0.25) is 4.79 Å². The molecule has 0 aliphatic heterocycles. The second kappa shape index (κ2) is 3.77. The summed E-state index contributed by atoms with van der Waals surface area (Å²) in [5.41, 5.74) is 0.727. The Bertz CT molecular complexity index is 317. The van der Waals surface area contributed by atoms with Gasteiger partial charge in [0.25, 0.3) is 0 Å². The summed E-state index contributed by atoms with van der Waals surface area (Å²) in [7, 11) is 0. The standard InChI is InChI=1S/C10H11NO/c1-3-4-7-11-8-5-6-10(11)9(2)12/h1,5-6,8H,4,7H2,2H3. The Morgan fingerprint density at radius 2 is 2.50 bits per heavy atom. The molecule has 0 radical (unpaired) electrons. The highest BCUT2D eigenvalue weighted by atomic mass is 16.1. The summed E-state index contributed by atoms with van der Waals surface area (Å²) in [4.78, 5) is 11.0. The number of rotatable bonds is 3. The van der Waals surface area contributed by atoms with Crippen LogP contribution >= 0.6 is 0 Å². The van der Waals surface area contributed by atoms with Gasteiger partial charge in [0.1, 0.15) is 0 Å². The van der Waals surface area contributed by atoms with E-state index in [0.29, 0.717) is 6.42 Å². The van der Waals surface area contributed by atoms with E-state index in [1.165, 1.54) is 0 Å². The van der Waals surface area contributed by atoms with Crippen LogP contribution in [0.4, 0.5) is 0 Å². The fraction of sp³-hybridized carbons (Fsp3) is 0.300. The normalized spacial score (nSPS) is 9.33. The van der Waals surface area contributed by atoms with Crippen molar-refractivity contribution in [1.82, 2.24) is 4.57 Å². The molecule has 0 aliphatic rings. The van der Waals surface area contributed by atoms with Crippen LogP contribution in [-0.4, -0.2) is 10.4 Å². The van der Waals surface area contributed by atoms with Crippen LogP contribution in [0, 0.1) is 12.3 Å². The topological polar surface area (TPSA) is 22.0 Å². The lowest BCUT2D eigenvalue weighted by Gasteiger charge is -2.02. The zero-order valence-corrected chi connectivity index (χ0v) is 7.08. The molecule has 0 bridgehead atoms. The smallest absolute Gasteiger partial charge is 0.176 e. The Hall–Kier alpha value is -1.49. The van der Waals surface area contributed by atoms with Crippen LogP contribution < -0.4 is 0 Å². The summed E-state index contributed by atoms with van der Waals surface area (Å²) in [5, 5.41) is 0. The number of ketones is 1. The first-order valence-electron chi connectivity index (χ1n) is 3.85. The molecule has 0 amide bonds. The molecule has 0 unspecified atom stereocenters. The Balaban J connectivity index is 2.79. The van der Waals surface area contributed by atoms with Crippen LogP contribution in [-0.2, 0) is 6.54 Å². The van der Waals surface area contributed by atoms with Crippen LogP contribution in [0.25, 0.3) is 0 Å². The average Bonchev–Trinajstić information content (AvgIpc) is 2.48. The summed E-state index contributed by atoms with van der Waals surface area (Å²) in [6.07, 6.45) is 7.65. The van der Waals surface area contributed by atoms with Crippen LogP contribution in [0.2, 0.25) is 0 Å². The van der Waals surface area contributed by atoms with Crippen molar-refractivity contribution >= 4 is 5.78 Å². The predicted octanol–water partition coefficient (Wildman–Crippen LogP) is 1.71. The lowest BCUT2D eigenvalue weighted by Crippen LogP contribution is -2.04. The van der Waals surface area contributed by atoms with E-state index >= 15 is 0 Å². The molecule has 2 heteroatoms. The Labute approximate surface area is 72.2 Å². The van der Waals surface area contributed by atoms with Crippen LogP contribution in [0.5, 0.6) is 0 Å². The molecule has 0 N–H and O–H groups in total. The molecular formula is C10H11NO. The number of carbonyl (C=O) groups is 1. The minimum absolute atomic E-state index is 0.0806. The van der Waals surface area contributed by atoms with Crippen molar-refractivity contribution in [2.75, 3.05) is 0 Å². The molecule has 1 aromatic rings. The monoisotopic (exact) mass is 161 g/mol. The van der Waals surface area contributed by atoms with Crippen molar-refractivity contribution in [2.24, 2.45) is 0 Å². The fourth-order valence-corrected chi connectivity index (χ4v) is 1.11. The number of hydrogen-bond acceptors (Lipinski definition) is 1. The van der Waals surface area contributed by atoms with Crippen molar-refractivity contribution in [2.45, 2.75) is 19.9 Å². The van der Waals surface area contributed by atoms with Gasteiger partial charge in [0.2, 0.25) is 0 Å². The molecule has 1 rings (SSSR count). The van der Waals surface area contributed by atoms with Gasteiger partial charge in [0.15, 0.2) is 5.78 Å². The van der Waals surface area contributed by atoms with Crippen molar-refractivity contribution in [3.05, 3.63) is 24.0 Å². The highest BCUT2D eigenvalue weighted by molar-refractivity contribution is 5.92. The molecule has 0 aliphatic carbocycles. The quantitative estimate of drug-likeness (QED) is 0.488. The summed E-state index contributed by atoms with van der Waals surface area (Å²) in [5.74, 6) is 2.62. The van der Waals surface area contributed by atoms with Crippen LogP contribution in [0.15, 0.2) is 18.3 Å². The second-order valence-electron chi connectivity index (χ2n) is 2.60. The maximum atomic E-state index is 11.0. The molecule has 1 heterocycles. The van der Waals surface area contributed by atoms with Gasteiger partial charge >= 0.3 is 0 Å². The van der Waals surface area contributed by atoms with E-state index in [-0.39, 0.29) is 5.78 Å². The van der Waals surface area contributed by atoms with Gasteiger partial charge in [-0.1, -0.05) is 0 Å². The van der Waals surface area contributed by atoms with E-state index in [9.17, 15) is 4.79 Å². The minimum Gasteiger partial charge on any atom is -0.344 e. The Morgan fingerprint density at radius 1 is 1.75 bits per heavy atom. The molecule has 0 saturated heterocycles. The van der Waals surface area contributed by atoms with Gasteiger partial charge < -0.3 is 4.57 Å². The largest absolute Gasteiger partial charge is 0.344 e. The van der Waals surface area contributed by atoms with Crippen molar-refractivity contribution in [3.8, 4) is 12.3 Å². The lowest BCUT2D eigenvalue weighted by molar-refractivity contribution is 0.100.